The van der Waals surface area contributed by atoms with Crippen LogP contribution >= 0.6 is 0 Å². The summed E-state index contributed by atoms with van der Waals surface area (Å²) in [7, 11) is 0. The Bertz CT molecular complexity index is 1420. The lowest BCUT2D eigenvalue weighted by Crippen LogP contribution is -2.45. The van der Waals surface area contributed by atoms with Crippen LogP contribution in [0.3, 0.4) is 0 Å². The molecule has 1 aliphatic rings. The van der Waals surface area contributed by atoms with Gasteiger partial charge in [0.25, 0.3) is 0 Å². The summed E-state index contributed by atoms with van der Waals surface area (Å²) in [4.78, 5) is 28.2. The maximum atomic E-state index is 13.6. The van der Waals surface area contributed by atoms with Gasteiger partial charge in [0.15, 0.2) is 5.82 Å². The number of amides is 1. The smallest absolute Gasteiger partial charge is 0.227 e. The van der Waals surface area contributed by atoms with Crippen molar-refractivity contribution in [2.24, 2.45) is 5.41 Å². The van der Waals surface area contributed by atoms with Crippen molar-refractivity contribution >= 4 is 17.5 Å². The first-order valence-electron chi connectivity index (χ1n) is 12.0. The molecule has 5 rings (SSSR count). The summed E-state index contributed by atoms with van der Waals surface area (Å²) in [6, 6.07) is 13.5. The van der Waals surface area contributed by atoms with E-state index in [4.69, 9.17) is 14.5 Å². The number of aromatic nitrogens is 4. The molecule has 38 heavy (non-hydrogen) atoms. The van der Waals surface area contributed by atoms with Crippen molar-refractivity contribution in [3.05, 3.63) is 78.3 Å². The second-order valence-corrected chi connectivity index (χ2v) is 9.42. The molecule has 1 amide bonds. The SMILES string of the molecule is CC(=O)NCC1(C)COC(c2nc(-c3ccc(F)cc3)c(-c3ccnc(Nc4ccc(F)cc4)n3)[nH]2)OC1. The third kappa shape index (κ3) is 5.84. The molecule has 0 saturated carbocycles. The van der Waals surface area contributed by atoms with E-state index in [2.05, 4.69) is 25.6 Å². The van der Waals surface area contributed by atoms with Gasteiger partial charge < -0.3 is 25.1 Å². The molecule has 0 atom stereocenters. The van der Waals surface area contributed by atoms with Gasteiger partial charge >= 0.3 is 0 Å². The molecule has 0 spiro atoms. The number of halogens is 2. The molecule has 1 aliphatic heterocycles. The van der Waals surface area contributed by atoms with Gasteiger partial charge in [0.05, 0.1) is 30.3 Å². The molecule has 1 saturated heterocycles. The highest BCUT2D eigenvalue weighted by molar-refractivity contribution is 5.77. The number of imidazole rings is 1. The number of nitrogens with zero attached hydrogens (tertiary/aromatic N) is 3. The minimum absolute atomic E-state index is 0.119. The van der Waals surface area contributed by atoms with E-state index < -0.39 is 6.29 Å². The van der Waals surface area contributed by atoms with Crippen LogP contribution in [-0.4, -0.2) is 45.6 Å². The molecular formula is C27H26F2N6O3. The van der Waals surface area contributed by atoms with Crippen LogP contribution in [0.25, 0.3) is 22.6 Å². The van der Waals surface area contributed by atoms with Crippen molar-refractivity contribution < 1.29 is 23.0 Å². The molecule has 0 unspecified atom stereocenters. The Kier molecular flexibility index (Phi) is 7.12. The van der Waals surface area contributed by atoms with E-state index >= 15 is 0 Å². The number of nitrogens with one attached hydrogen (secondary N) is 3. The third-order valence-corrected chi connectivity index (χ3v) is 6.01. The maximum absolute atomic E-state index is 13.6. The fraction of sp³-hybridized carbons (Fsp3) is 0.259. The van der Waals surface area contributed by atoms with Crippen LogP contribution in [0.1, 0.15) is 26.0 Å². The van der Waals surface area contributed by atoms with Gasteiger partial charge in [-0.1, -0.05) is 6.92 Å². The monoisotopic (exact) mass is 520 g/mol. The first-order valence-corrected chi connectivity index (χ1v) is 12.0. The lowest BCUT2D eigenvalue weighted by atomic mass is 9.92. The van der Waals surface area contributed by atoms with Gasteiger partial charge in [-0.2, -0.15) is 0 Å². The van der Waals surface area contributed by atoms with Crippen LogP contribution < -0.4 is 10.6 Å². The van der Waals surface area contributed by atoms with Crippen LogP contribution in [0, 0.1) is 17.0 Å². The number of hydrogen-bond acceptors (Lipinski definition) is 7. The van der Waals surface area contributed by atoms with Crippen molar-refractivity contribution in [1.82, 2.24) is 25.3 Å². The second-order valence-electron chi connectivity index (χ2n) is 9.42. The molecular weight excluding hydrogens is 494 g/mol. The van der Waals surface area contributed by atoms with Crippen molar-refractivity contribution in [2.75, 3.05) is 25.1 Å². The number of H-pyrrole nitrogens is 1. The van der Waals surface area contributed by atoms with E-state index in [0.717, 1.165) is 0 Å². The molecule has 196 valence electrons. The van der Waals surface area contributed by atoms with Crippen LogP contribution in [-0.2, 0) is 14.3 Å². The van der Waals surface area contributed by atoms with Crippen molar-refractivity contribution in [1.29, 1.82) is 0 Å². The standard InChI is InChI=1S/C27H26F2N6O3/c1-16(36)31-13-27(2)14-37-25(38-15-27)24-34-22(17-3-5-18(28)6-4-17)23(35-24)21-11-12-30-26(33-21)32-20-9-7-19(29)8-10-20/h3-12,25H,13-15H2,1-2H3,(H,31,36)(H,34,35)(H,30,32,33). The van der Waals surface area contributed by atoms with Gasteiger partial charge in [0.1, 0.15) is 11.6 Å². The number of carbonyl (C=O) groups is 1. The first-order chi connectivity index (χ1) is 18.3. The zero-order valence-corrected chi connectivity index (χ0v) is 20.8. The lowest BCUT2D eigenvalue weighted by molar-refractivity contribution is -0.232. The molecule has 4 aromatic rings. The van der Waals surface area contributed by atoms with E-state index in [-0.39, 0.29) is 23.0 Å². The summed E-state index contributed by atoms with van der Waals surface area (Å²) in [6.45, 7) is 4.54. The Morgan fingerprint density at radius 2 is 1.68 bits per heavy atom. The maximum Gasteiger partial charge on any atom is 0.227 e. The average Bonchev–Trinajstić information content (AvgIpc) is 3.35. The van der Waals surface area contributed by atoms with E-state index in [9.17, 15) is 13.6 Å². The predicted octanol–water partition coefficient (Wildman–Crippen LogP) is 4.74. The molecule has 1 fully saturated rings. The Hall–Kier alpha value is -4.22. The van der Waals surface area contributed by atoms with Crippen LogP contribution in [0.15, 0.2) is 60.8 Å². The number of anilines is 2. The molecule has 2 aromatic carbocycles. The molecule has 0 bridgehead atoms. The summed E-state index contributed by atoms with van der Waals surface area (Å²) >= 11 is 0. The molecule has 9 nitrogen and oxygen atoms in total. The minimum atomic E-state index is -0.771. The van der Waals surface area contributed by atoms with Gasteiger partial charge in [0, 0.05) is 36.3 Å². The Balaban J connectivity index is 1.44. The van der Waals surface area contributed by atoms with Crippen molar-refractivity contribution in [2.45, 2.75) is 20.1 Å². The molecule has 3 heterocycles. The fourth-order valence-corrected chi connectivity index (χ4v) is 3.97. The van der Waals surface area contributed by atoms with E-state index in [0.29, 0.717) is 59.9 Å². The number of hydrogen-bond donors (Lipinski definition) is 3. The highest BCUT2D eigenvalue weighted by Gasteiger charge is 2.35. The Morgan fingerprint density at radius 3 is 2.34 bits per heavy atom. The second kappa shape index (κ2) is 10.6. The zero-order chi connectivity index (χ0) is 26.7. The largest absolute Gasteiger partial charge is 0.356 e. The fourth-order valence-electron chi connectivity index (χ4n) is 3.97. The third-order valence-electron chi connectivity index (χ3n) is 6.01. The number of aromatic amines is 1. The van der Waals surface area contributed by atoms with E-state index in [1.165, 1.54) is 31.2 Å². The molecule has 3 N–H and O–H groups in total. The molecule has 0 radical (unpaired) electrons. The topological polar surface area (TPSA) is 114 Å². The lowest BCUT2D eigenvalue weighted by Gasteiger charge is -2.36. The quantitative estimate of drug-likeness (QED) is 0.322. The van der Waals surface area contributed by atoms with Crippen molar-refractivity contribution in [3.63, 3.8) is 0 Å². The number of ether oxygens (including phenoxy) is 2. The summed E-state index contributed by atoms with van der Waals surface area (Å²) in [5, 5.41) is 5.86. The molecule has 2 aromatic heterocycles. The van der Waals surface area contributed by atoms with E-state index in [1.54, 1.807) is 36.5 Å². The average molecular weight is 521 g/mol. The normalized spacial score (nSPS) is 19.2. The first kappa shape index (κ1) is 25.4. The number of rotatable bonds is 7. The summed E-state index contributed by atoms with van der Waals surface area (Å²) in [5.74, 6) is -0.106. The Labute approximate surface area is 217 Å². The highest BCUT2D eigenvalue weighted by Crippen LogP contribution is 2.35. The van der Waals surface area contributed by atoms with Gasteiger partial charge in [-0.25, -0.2) is 23.7 Å². The summed E-state index contributed by atoms with van der Waals surface area (Å²) in [6.07, 6.45) is 0.816. The summed E-state index contributed by atoms with van der Waals surface area (Å²) in [5.41, 5.74) is 2.53. The number of carbonyl (C=O) groups excluding carboxylic acids is 1. The summed E-state index contributed by atoms with van der Waals surface area (Å²) < 4.78 is 38.9. The Morgan fingerprint density at radius 1 is 1.03 bits per heavy atom. The number of benzene rings is 2. The van der Waals surface area contributed by atoms with Gasteiger partial charge in [0.2, 0.25) is 18.1 Å². The van der Waals surface area contributed by atoms with Crippen LogP contribution in [0.2, 0.25) is 0 Å². The predicted molar refractivity (Wildman–Crippen MR) is 136 cm³/mol. The zero-order valence-electron chi connectivity index (χ0n) is 20.8. The van der Waals surface area contributed by atoms with Gasteiger partial charge in [-0.05, 0) is 54.6 Å². The molecule has 11 heteroatoms. The minimum Gasteiger partial charge on any atom is -0.356 e. The van der Waals surface area contributed by atoms with Crippen LogP contribution in [0.4, 0.5) is 20.4 Å². The van der Waals surface area contributed by atoms with Crippen LogP contribution in [0.5, 0.6) is 0 Å². The van der Waals surface area contributed by atoms with Gasteiger partial charge in [-0.3, -0.25) is 4.79 Å². The molecule has 0 aliphatic carbocycles. The van der Waals surface area contributed by atoms with Crippen molar-refractivity contribution in [3.8, 4) is 22.6 Å². The highest BCUT2D eigenvalue weighted by atomic mass is 19.1. The van der Waals surface area contributed by atoms with Gasteiger partial charge in [-0.15, -0.1) is 0 Å². The van der Waals surface area contributed by atoms with E-state index in [1.807, 2.05) is 6.92 Å².